The van der Waals surface area contributed by atoms with E-state index in [-0.39, 0.29) is 5.78 Å². The SMILES string of the molecule is COC1(C(=O)c2ccc(C)c(Cl)c2)CCCCCC1. The summed E-state index contributed by atoms with van der Waals surface area (Å²) in [6.45, 7) is 1.94. The summed E-state index contributed by atoms with van der Waals surface area (Å²) in [7, 11) is 1.65. The van der Waals surface area contributed by atoms with E-state index in [9.17, 15) is 4.79 Å². The topological polar surface area (TPSA) is 26.3 Å². The predicted octanol–water partition coefficient (Wildman–Crippen LogP) is 4.57. The van der Waals surface area contributed by atoms with E-state index in [0.717, 1.165) is 31.2 Å². The number of benzene rings is 1. The first-order chi connectivity index (χ1) is 9.09. The molecule has 104 valence electrons. The van der Waals surface area contributed by atoms with Gasteiger partial charge in [-0.1, -0.05) is 49.4 Å². The highest BCUT2D eigenvalue weighted by Crippen LogP contribution is 2.33. The monoisotopic (exact) mass is 280 g/mol. The number of aryl methyl sites for hydroxylation is 1. The molecule has 0 unspecified atom stereocenters. The van der Waals surface area contributed by atoms with E-state index in [1.54, 1.807) is 13.2 Å². The number of ether oxygens (including phenoxy) is 1. The molecule has 2 rings (SSSR count). The Morgan fingerprint density at radius 2 is 1.84 bits per heavy atom. The second-order valence-electron chi connectivity index (χ2n) is 5.41. The van der Waals surface area contributed by atoms with E-state index in [1.807, 2.05) is 19.1 Å². The van der Waals surface area contributed by atoms with Gasteiger partial charge >= 0.3 is 0 Å². The Labute approximate surface area is 120 Å². The van der Waals surface area contributed by atoms with Crippen LogP contribution in [0.1, 0.15) is 54.4 Å². The molecule has 1 fully saturated rings. The highest BCUT2D eigenvalue weighted by atomic mass is 35.5. The molecule has 0 amide bonds. The molecule has 1 aromatic carbocycles. The van der Waals surface area contributed by atoms with Gasteiger partial charge < -0.3 is 4.74 Å². The molecule has 3 heteroatoms. The Hall–Kier alpha value is -0.860. The minimum atomic E-state index is -0.644. The van der Waals surface area contributed by atoms with Gasteiger partial charge in [0.2, 0.25) is 0 Å². The van der Waals surface area contributed by atoms with Gasteiger partial charge in [0.1, 0.15) is 5.60 Å². The average Bonchev–Trinajstić information content (AvgIpc) is 2.67. The summed E-state index contributed by atoms with van der Waals surface area (Å²) in [6, 6.07) is 5.52. The number of carbonyl (C=O) groups excluding carboxylic acids is 1. The van der Waals surface area contributed by atoms with Crippen LogP contribution < -0.4 is 0 Å². The van der Waals surface area contributed by atoms with Crippen molar-refractivity contribution in [1.29, 1.82) is 0 Å². The van der Waals surface area contributed by atoms with Crippen LogP contribution in [-0.2, 0) is 4.74 Å². The normalized spacial score (nSPS) is 18.9. The maximum atomic E-state index is 12.8. The van der Waals surface area contributed by atoms with Crippen LogP contribution in [-0.4, -0.2) is 18.5 Å². The Morgan fingerprint density at radius 1 is 1.21 bits per heavy atom. The number of halogens is 1. The van der Waals surface area contributed by atoms with E-state index >= 15 is 0 Å². The van der Waals surface area contributed by atoms with Crippen molar-refractivity contribution in [2.24, 2.45) is 0 Å². The molecule has 0 aliphatic heterocycles. The van der Waals surface area contributed by atoms with Gasteiger partial charge in [0.05, 0.1) is 0 Å². The predicted molar refractivity (Wildman–Crippen MR) is 78.0 cm³/mol. The summed E-state index contributed by atoms with van der Waals surface area (Å²) in [5.74, 6) is 0.0822. The van der Waals surface area contributed by atoms with Crippen molar-refractivity contribution in [2.75, 3.05) is 7.11 Å². The molecule has 0 radical (unpaired) electrons. The van der Waals surface area contributed by atoms with Crippen LogP contribution in [0.4, 0.5) is 0 Å². The number of hydrogen-bond acceptors (Lipinski definition) is 2. The van der Waals surface area contributed by atoms with Crippen molar-refractivity contribution in [1.82, 2.24) is 0 Å². The number of rotatable bonds is 3. The van der Waals surface area contributed by atoms with E-state index in [0.29, 0.717) is 10.6 Å². The van der Waals surface area contributed by atoms with Crippen LogP contribution in [0.5, 0.6) is 0 Å². The van der Waals surface area contributed by atoms with Crippen molar-refractivity contribution in [3.8, 4) is 0 Å². The molecule has 0 spiro atoms. The second-order valence-corrected chi connectivity index (χ2v) is 5.81. The highest BCUT2D eigenvalue weighted by Gasteiger charge is 2.39. The number of ketones is 1. The lowest BCUT2D eigenvalue weighted by atomic mass is 9.85. The third kappa shape index (κ3) is 3.01. The standard InChI is InChI=1S/C16H21ClO2/c1-12-7-8-13(11-14(12)17)15(18)16(19-2)9-5-3-4-6-10-16/h7-8,11H,3-6,9-10H2,1-2H3. The molecule has 0 N–H and O–H groups in total. The summed E-state index contributed by atoms with van der Waals surface area (Å²) in [6.07, 6.45) is 6.11. The zero-order valence-electron chi connectivity index (χ0n) is 11.7. The second kappa shape index (κ2) is 6.06. The van der Waals surface area contributed by atoms with Crippen molar-refractivity contribution >= 4 is 17.4 Å². The van der Waals surface area contributed by atoms with Gasteiger partial charge in [-0.25, -0.2) is 0 Å². The lowest BCUT2D eigenvalue weighted by Gasteiger charge is -2.30. The molecule has 0 aromatic heterocycles. The fourth-order valence-electron chi connectivity index (χ4n) is 2.82. The van der Waals surface area contributed by atoms with Gasteiger partial charge in [0, 0.05) is 17.7 Å². The van der Waals surface area contributed by atoms with Gasteiger partial charge in [-0.2, -0.15) is 0 Å². The first-order valence-electron chi connectivity index (χ1n) is 6.95. The summed E-state index contributed by atoms with van der Waals surface area (Å²) in [5.41, 5.74) is 1.01. The minimum Gasteiger partial charge on any atom is -0.370 e. The van der Waals surface area contributed by atoms with E-state index < -0.39 is 5.60 Å². The molecule has 1 aromatic rings. The molecule has 1 aliphatic carbocycles. The summed E-state index contributed by atoms with van der Waals surface area (Å²) >= 11 is 6.12. The van der Waals surface area contributed by atoms with Gasteiger partial charge in [0.15, 0.2) is 5.78 Å². The number of carbonyl (C=O) groups is 1. The van der Waals surface area contributed by atoms with Crippen molar-refractivity contribution in [3.05, 3.63) is 34.3 Å². The van der Waals surface area contributed by atoms with Gasteiger partial charge in [-0.3, -0.25) is 4.79 Å². The summed E-state index contributed by atoms with van der Waals surface area (Å²) < 4.78 is 5.65. The molecule has 19 heavy (non-hydrogen) atoms. The first kappa shape index (κ1) is 14.5. The highest BCUT2D eigenvalue weighted by molar-refractivity contribution is 6.31. The maximum absolute atomic E-state index is 12.8. The Bertz CT molecular complexity index is 460. The molecule has 2 nitrogen and oxygen atoms in total. The zero-order chi connectivity index (χ0) is 13.9. The van der Waals surface area contributed by atoms with Crippen LogP contribution in [0.3, 0.4) is 0 Å². The van der Waals surface area contributed by atoms with Crippen LogP contribution in [0.25, 0.3) is 0 Å². The number of methoxy groups -OCH3 is 1. The quantitative estimate of drug-likeness (QED) is 0.599. The molecule has 1 saturated carbocycles. The van der Waals surface area contributed by atoms with Crippen LogP contribution >= 0.6 is 11.6 Å². The fraction of sp³-hybridized carbons (Fsp3) is 0.562. The lowest BCUT2D eigenvalue weighted by molar-refractivity contribution is -0.00692. The third-order valence-electron chi connectivity index (χ3n) is 4.15. The summed E-state index contributed by atoms with van der Waals surface area (Å²) in [4.78, 5) is 12.8. The fourth-order valence-corrected chi connectivity index (χ4v) is 3.00. The van der Waals surface area contributed by atoms with Crippen LogP contribution in [0.15, 0.2) is 18.2 Å². The molecule has 0 saturated heterocycles. The maximum Gasteiger partial charge on any atom is 0.194 e. The van der Waals surface area contributed by atoms with E-state index in [2.05, 4.69) is 0 Å². The Kier molecular flexibility index (Phi) is 4.64. The lowest BCUT2D eigenvalue weighted by Crippen LogP contribution is -2.40. The smallest absolute Gasteiger partial charge is 0.194 e. The van der Waals surface area contributed by atoms with E-state index in [1.165, 1.54) is 12.8 Å². The zero-order valence-corrected chi connectivity index (χ0v) is 12.4. The first-order valence-corrected chi connectivity index (χ1v) is 7.33. The summed E-state index contributed by atoms with van der Waals surface area (Å²) in [5, 5.41) is 0.644. The number of Topliss-reactive ketones (excluding diaryl/α,β-unsaturated/α-hetero) is 1. The molecular formula is C16H21ClO2. The van der Waals surface area contributed by atoms with Crippen molar-refractivity contribution in [2.45, 2.75) is 51.0 Å². The van der Waals surface area contributed by atoms with E-state index in [4.69, 9.17) is 16.3 Å². The Balaban J connectivity index is 2.31. The minimum absolute atomic E-state index is 0.0822. The third-order valence-corrected chi connectivity index (χ3v) is 4.56. The van der Waals surface area contributed by atoms with Gasteiger partial charge in [-0.05, 0) is 31.4 Å². The molecule has 0 heterocycles. The average molecular weight is 281 g/mol. The molecule has 0 bridgehead atoms. The largest absolute Gasteiger partial charge is 0.370 e. The number of hydrogen-bond donors (Lipinski definition) is 0. The van der Waals surface area contributed by atoms with Crippen LogP contribution in [0, 0.1) is 6.92 Å². The molecule has 1 aliphatic rings. The molecular weight excluding hydrogens is 260 g/mol. The van der Waals surface area contributed by atoms with Crippen molar-refractivity contribution in [3.63, 3.8) is 0 Å². The Morgan fingerprint density at radius 3 is 2.37 bits per heavy atom. The van der Waals surface area contributed by atoms with Gasteiger partial charge in [-0.15, -0.1) is 0 Å². The van der Waals surface area contributed by atoms with Gasteiger partial charge in [0.25, 0.3) is 0 Å². The molecule has 0 atom stereocenters. The van der Waals surface area contributed by atoms with Crippen molar-refractivity contribution < 1.29 is 9.53 Å². The van der Waals surface area contributed by atoms with Crippen LogP contribution in [0.2, 0.25) is 5.02 Å².